The molecule has 1 atom stereocenters. The Morgan fingerprint density at radius 3 is 2.43 bits per heavy atom. The second-order valence-corrected chi connectivity index (χ2v) is 8.27. The first-order valence-electron chi connectivity index (χ1n) is 10.4. The third-order valence-electron chi connectivity index (χ3n) is 6.26. The van der Waals surface area contributed by atoms with Gasteiger partial charge in [-0.15, -0.1) is 0 Å². The minimum atomic E-state index is -0.730. The predicted molar refractivity (Wildman–Crippen MR) is 113 cm³/mol. The van der Waals surface area contributed by atoms with Gasteiger partial charge >= 0.3 is 11.6 Å². The summed E-state index contributed by atoms with van der Waals surface area (Å²) in [5.74, 6) is -0.427. The number of aliphatic carboxylic acids is 1. The van der Waals surface area contributed by atoms with Crippen molar-refractivity contribution >= 4 is 22.8 Å². The van der Waals surface area contributed by atoms with Crippen LogP contribution >= 0.6 is 0 Å². The number of benzene rings is 1. The minimum Gasteiger partial charge on any atom is -0.481 e. The minimum absolute atomic E-state index is 0.226. The molecule has 0 spiro atoms. The highest BCUT2D eigenvalue weighted by Gasteiger charge is 2.26. The lowest BCUT2D eigenvalue weighted by Crippen LogP contribution is -2.39. The predicted octanol–water partition coefficient (Wildman–Crippen LogP) is 3.49. The highest BCUT2D eigenvalue weighted by atomic mass is 16.5. The van der Waals surface area contributed by atoms with Crippen LogP contribution in [0.4, 0.5) is 0 Å². The first kappa shape index (κ1) is 21.9. The fraction of sp³-hybridized carbons (Fsp3) is 0.522. The van der Waals surface area contributed by atoms with E-state index in [0.717, 1.165) is 23.8 Å². The average Bonchev–Trinajstić information content (AvgIpc) is 2.73. The van der Waals surface area contributed by atoms with E-state index < -0.39 is 12.1 Å². The van der Waals surface area contributed by atoms with Gasteiger partial charge in [-0.25, -0.2) is 4.79 Å². The summed E-state index contributed by atoms with van der Waals surface area (Å²) in [5.41, 5.74) is 2.24. The molecule has 3 rings (SSSR count). The smallest absolute Gasteiger partial charge is 0.339 e. The fourth-order valence-corrected chi connectivity index (χ4v) is 4.00. The van der Waals surface area contributed by atoms with Crippen LogP contribution in [0.3, 0.4) is 0 Å². The summed E-state index contributed by atoms with van der Waals surface area (Å²) in [5, 5.41) is 12.8. The molecule has 162 valence electrons. The molecule has 1 saturated carbocycles. The summed E-state index contributed by atoms with van der Waals surface area (Å²) in [6.45, 7) is 7.62. The molecule has 0 aliphatic heterocycles. The quantitative estimate of drug-likeness (QED) is 0.700. The maximum absolute atomic E-state index is 12.5. The fourth-order valence-electron chi connectivity index (χ4n) is 4.00. The highest BCUT2D eigenvalue weighted by Crippen LogP contribution is 2.30. The van der Waals surface area contributed by atoms with Crippen LogP contribution in [-0.4, -0.2) is 29.6 Å². The maximum atomic E-state index is 12.5. The lowest BCUT2D eigenvalue weighted by atomic mass is 9.82. The SMILES string of the molecule is Cc1c(C)c2ccc(O[C@H](C)C(=O)NCC3CCC(C(=O)O)CC3)c(C)c2oc1=O. The van der Waals surface area contributed by atoms with Crippen molar-refractivity contribution in [3.05, 3.63) is 39.2 Å². The van der Waals surface area contributed by atoms with Crippen LogP contribution in [0.1, 0.15) is 49.3 Å². The van der Waals surface area contributed by atoms with Gasteiger partial charge in [0.25, 0.3) is 5.91 Å². The van der Waals surface area contributed by atoms with E-state index in [1.54, 1.807) is 26.8 Å². The van der Waals surface area contributed by atoms with E-state index in [-0.39, 0.29) is 17.5 Å². The number of aryl methyl sites for hydroxylation is 2. The van der Waals surface area contributed by atoms with Crippen LogP contribution in [0.15, 0.2) is 21.3 Å². The van der Waals surface area contributed by atoms with Gasteiger partial charge in [0.2, 0.25) is 0 Å². The molecule has 0 unspecified atom stereocenters. The summed E-state index contributed by atoms with van der Waals surface area (Å²) < 4.78 is 11.3. The van der Waals surface area contributed by atoms with Crippen molar-refractivity contribution in [2.45, 2.75) is 59.5 Å². The van der Waals surface area contributed by atoms with Crippen LogP contribution in [0.2, 0.25) is 0 Å². The van der Waals surface area contributed by atoms with Gasteiger partial charge in [0.1, 0.15) is 11.3 Å². The summed E-state index contributed by atoms with van der Waals surface area (Å²) in [6, 6.07) is 3.63. The molecule has 0 bridgehead atoms. The Kier molecular flexibility index (Phi) is 6.48. The van der Waals surface area contributed by atoms with Crippen molar-refractivity contribution < 1.29 is 23.8 Å². The molecule has 30 heavy (non-hydrogen) atoms. The largest absolute Gasteiger partial charge is 0.481 e. The molecule has 7 heteroatoms. The van der Waals surface area contributed by atoms with Crippen molar-refractivity contribution in [2.75, 3.05) is 6.54 Å². The third-order valence-corrected chi connectivity index (χ3v) is 6.26. The third kappa shape index (κ3) is 4.50. The molecular formula is C23H29NO6. The Morgan fingerprint density at radius 1 is 1.13 bits per heavy atom. The second kappa shape index (κ2) is 8.90. The van der Waals surface area contributed by atoms with E-state index in [2.05, 4.69) is 5.32 Å². The molecule has 1 aromatic heterocycles. The zero-order chi connectivity index (χ0) is 22.0. The molecule has 1 aliphatic rings. The molecule has 1 aliphatic carbocycles. The Balaban J connectivity index is 1.62. The number of nitrogens with one attached hydrogen (secondary N) is 1. The van der Waals surface area contributed by atoms with Gasteiger partial charge in [-0.3, -0.25) is 9.59 Å². The van der Waals surface area contributed by atoms with E-state index >= 15 is 0 Å². The number of carboxylic acid groups (broad SMARTS) is 1. The van der Waals surface area contributed by atoms with E-state index in [1.165, 1.54) is 0 Å². The highest BCUT2D eigenvalue weighted by molar-refractivity contribution is 5.86. The van der Waals surface area contributed by atoms with Crippen molar-refractivity contribution in [3.8, 4) is 5.75 Å². The Bertz CT molecular complexity index is 1020. The monoisotopic (exact) mass is 415 g/mol. The number of carbonyl (C=O) groups excluding carboxylic acids is 1. The molecule has 2 N–H and O–H groups in total. The molecular weight excluding hydrogens is 386 g/mol. The van der Waals surface area contributed by atoms with Crippen molar-refractivity contribution in [1.29, 1.82) is 0 Å². The van der Waals surface area contributed by atoms with Crippen LogP contribution in [0.5, 0.6) is 5.75 Å². The number of fused-ring (bicyclic) bond motifs is 1. The number of carboxylic acids is 1. The summed E-state index contributed by atoms with van der Waals surface area (Å²) in [4.78, 5) is 35.6. The standard InChI is InChI=1S/C23H29NO6/c1-12-13(2)23(28)30-20-14(3)19(10-9-18(12)20)29-15(4)21(25)24-11-16-5-7-17(8-6-16)22(26)27/h9-10,15-17H,5-8,11H2,1-4H3,(H,24,25)(H,26,27)/t15-,16?,17?/m1/s1. The Hall–Kier alpha value is -2.83. The number of hydrogen-bond donors (Lipinski definition) is 2. The molecule has 1 amide bonds. The van der Waals surface area contributed by atoms with Crippen molar-refractivity contribution in [1.82, 2.24) is 5.32 Å². The van der Waals surface area contributed by atoms with Crippen LogP contribution < -0.4 is 15.7 Å². The summed E-state index contributed by atoms with van der Waals surface area (Å²) in [6.07, 6.45) is 2.20. The second-order valence-electron chi connectivity index (χ2n) is 8.27. The molecule has 2 aromatic rings. The molecule has 1 heterocycles. The molecule has 0 saturated heterocycles. The van der Waals surface area contributed by atoms with Gasteiger partial charge in [0.15, 0.2) is 6.10 Å². The number of rotatable bonds is 6. The molecule has 1 fully saturated rings. The van der Waals surface area contributed by atoms with E-state index in [4.69, 9.17) is 14.3 Å². The van der Waals surface area contributed by atoms with Gasteiger partial charge in [0, 0.05) is 23.1 Å². The number of amides is 1. The van der Waals surface area contributed by atoms with E-state index in [9.17, 15) is 14.4 Å². The van der Waals surface area contributed by atoms with Gasteiger partial charge in [-0.2, -0.15) is 0 Å². The molecule has 1 aromatic carbocycles. The summed E-state index contributed by atoms with van der Waals surface area (Å²) in [7, 11) is 0. The Morgan fingerprint density at radius 2 is 1.80 bits per heavy atom. The number of carbonyl (C=O) groups is 2. The zero-order valence-corrected chi connectivity index (χ0v) is 17.9. The van der Waals surface area contributed by atoms with Gasteiger partial charge in [0.05, 0.1) is 5.92 Å². The van der Waals surface area contributed by atoms with Crippen molar-refractivity contribution in [2.24, 2.45) is 11.8 Å². The number of ether oxygens (including phenoxy) is 1. The van der Waals surface area contributed by atoms with E-state index in [1.807, 2.05) is 13.0 Å². The lowest BCUT2D eigenvalue weighted by Gasteiger charge is -2.26. The topological polar surface area (TPSA) is 106 Å². The van der Waals surface area contributed by atoms with E-state index in [0.29, 0.717) is 47.8 Å². The average molecular weight is 415 g/mol. The van der Waals surface area contributed by atoms with Crippen molar-refractivity contribution in [3.63, 3.8) is 0 Å². The molecule has 7 nitrogen and oxygen atoms in total. The van der Waals surface area contributed by atoms with Crippen LogP contribution in [-0.2, 0) is 9.59 Å². The lowest BCUT2D eigenvalue weighted by molar-refractivity contribution is -0.143. The summed E-state index contributed by atoms with van der Waals surface area (Å²) >= 11 is 0. The van der Waals surface area contributed by atoms with Gasteiger partial charge < -0.3 is 19.6 Å². The normalized spacial score (nSPS) is 20.0. The van der Waals surface area contributed by atoms with Crippen LogP contribution in [0.25, 0.3) is 11.0 Å². The zero-order valence-electron chi connectivity index (χ0n) is 17.9. The number of hydrogen-bond acceptors (Lipinski definition) is 5. The van der Waals surface area contributed by atoms with Crippen LogP contribution in [0, 0.1) is 32.6 Å². The van der Waals surface area contributed by atoms with Gasteiger partial charge in [-0.1, -0.05) is 0 Å². The molecule has 0 radical (unpaired) electrons. The first-order chi connectivity index (χ1) is 14.2. The Labute approximate surface area is 175 Å². The first-order valence-corrected chi connectivity index (χ1v) is 10.4. The maximum Gasteiger partial charge on any atom is 0.339 e. The van der Waals surface area contributed by atoms with Gasteiger partial charge in [-0.05, 0) is 77.0 Å².